The van der Waals surface area contributed by atoms with Gasteiger partial charge in [0.1, 0.15) is 11.5 Å². The Bertz CT molecular complexity index is 1380. The summed E-state index contributed by atoms with van der Waals surface area (Å²) in [6.07, 6.45) is 0. The van der Waals surface area contributed by atoms with Crippen LogP contribution in [0.1, 0.15) is 37.5 Å². The molecule has 1 aliphatic rings. The summed E-state index contributed by atoms with van der Waals surface area (Å²) in [5.41, 5.74) is 2.12. The number of anilines is 2. The van der Waals surface area contributed by atoms with Gasteiger partial charge in [-0.2, -0.15) is 0 Å². The SMILES string of the molecule is CC(C)(C)c1ccc(NC(=O)N2Cc3ccc(S(=O)(=O)Nc4c(F)cc(F)cc4F)cc3C2)cc1. The van der Waals surface area contributed by atoms with Crippen LogP contribution in [0.5, 0.6) is 0 Å². The largest absolute Gasteiger partial charge is 0.322 e. The third-order valence-corrected chi connectivity index (χ3v) is 7.09. The van der Waals surface area contributed by atoms with Crippen molar-refractivity contribution in [2.24, 2.45) is 0 Å². The molecule has 10 heteroatoms. The summed E-state index contributed by atoms with van der Waals surface area (Å²) in [7, 11) is -4.37. The smallest absolute Gasteiger partial charge is 0.316 e. The van der Waals surface area contributed by atoms with E-state index >= 15 is 0 Å². The monoisotopic (exact) mass is 503 g/mol. The molecule has 0 saturated carbocycles. The van der Waals surface area contributed by atoms with Gasteiger partial charge in [0, 0.05) is 30.9 Å². The fraction of sp³-hybridized carbons (Fsp3) is 0.240. The zero-order valence-electron chi connectivity index (χ0n) is 19.3. The summed E-state index contributed by atoms with van der Waals surface area (Å²) < 4.78 is 68.2. The van der Waals surface area contributed by atoms with Crippen molar-refractivity contribution in [3.8, 4) is 0 Å². The van der Waals surface area contributed by atoms with Gasteiger partial charge < -0.3 is 10.2 Å². The highest BCUT2D eigenvalue weighted by Crippen LogP contribution is 2.29. The van der Waals surface area contributed by atoms with E-state index in [1.165, 1.54) is 17.0 Å². The Labute approximate surface area is 201 Å². The van der Waals surface area contributed by atoms with Gasteiger partial charge in [0.25, 0.3) is 10.0 Å². The number of carbonyl (C=O) groups excluding carboxylic acids is 1. The Kier molecular flexibility index (Phi) is 6.27. The van der Waals surface area contributed by atoms with Gasteiger partial charge in [-0.15, -0.1) is 0 Å². The average molecular weight is 504 g/mol. The fourth-order valence-electron chi connectivity index (χ4n) is 3.77. The van der Waals surface area contributed by atoms with Crippen LogP contribution >= 0.6 is 0 Å². The topological polar surface area (TPSA) is 78.5 Å². The highest BCUT2D eigenvalue weighted by atomic mass is 32.2. The van der Waals surface area contributed by atoms with E-state index in [1.807, 2.05) is 29.0 Å². The van der Waals surface area contributed by atoms with Crippen molar-refractivity contribution in [3.05, 3.63) is 88.7 Å². The van der Waals surface area contributed by atoms with Crippen LogP contribution < -0.4 is 10.0 Å². The number of carbonyl (C=O) groups is 1. The van der Waals surface area contributed by atoms with Crippen molar-refractivity contribution in [1.82, 2.24) is 4.90 Å². The summed E-state index contributed by atoms with van der Waals surface area (Å²) in [5, 5.41) is 2.83. The molecule has 0 bridgehead atoms. The molecule has 0 saturated heterocycles. The normalized spacial score (nSPS) is 13.5. The van der Waals surface area contributed by atoms with E-state index in [4.69, 9.17) is 0 Å². The second-order valence-electron chi connectivity index (χ2n) is 9.39. The molecule has 3 aromatic rings. The molecule has 0 atom stereocenters. The summed E-state index contributed by atoms with van der Waals surface area (Å²) in [6.45, 7) is 6.72. The van der Waals surface area contributed by atoms with E-state index < -0.39 is 33.2 Å². The number of sulfonamides is 1. The lowest BCUT2D eigenvalue weighted by Gasteiger charge is -2.20. The van der Waals surface area contributed by atoms with Crippen LogP contribution in [-0.2, 0) is 28.5 Å². The molecule has 0 aliphatic carbocycles. The van der Waals surface area contributed by atoms with Gasteiger partial charge in [0.15, 0.2) is 11.6 Å². The van der Waals surface area contributed by atoms with Crippen molar-refractivity contribution in [3.63, 3.8) is 0 Å². The minimum absolute atomic E-state index is 0.0136. The second-order valence-corrected chi connectivity index (χ2v) is 11.1. The third-order valence-electron chi connectivity index (χ3n) is 5.74. The van der Waals surface area contributed by atoms with E-state index in [1.54, 1.807) is 6.07 Å². The average Bonchev–Trinajstić information content (AvgIpc) is 3.20. The quantitative estimate of drug-likeness (QED) is 0.476. The zero-order valence-corrected chi connectivity index (χ0v) is 20.1. The number of nitrogens with one attached hydrogen (secondary N) is 2. The van der Waals surface area contributed by atoms with E-state index in [0.29, 0.717) is 23.4 Å². The van der Waals surface area contributed by atoms with Gasteiger partial charge in [-0.3, -0.25) is 4.72 Å². The predicted molar refractivity (Wildman–Crippen MR) is 127 cm³/mol. The number of rotatable bonds is 4. The van der Waals surface area contributed by atoms with Crippen LogP contribution in [0.15, 0.2) is 59.5 Å². The van der Waals surface area contributed by atoms with Crippen molar-refractivity contribution >= 4 is 27.4 Å². The molecule has 0 aromatic heterocycles. The molecule has 0 fully saturated rings. The van der Waals surface area contributed by atoms with Crippen LogP contribution in [0.3, 0.4) is 0 Å². The van der Waals surface area contributed by atoms with Gasteiger partial charge in [-0.25, -0.2) is 26.4 Å². The highest BCUT2D eigenvalue weighted by Gasteiger charge is 2.27. The maximum absolute atomic E-state index is 13.9. The Morgan fingerprint density at radius 2 is 1.49 bits per heavy atom. The van der Waals surface area contributed by atoms with Crippen molar-refractivity contribution in [2.75, 3.05) is 10.0 Å². The van der Waals surface area contributed by atoms with Crippen molar-refractivity contribution in [2.45, 2.75) is 44.2 Å². The first-order valence-corrected chi connectivity index (χ1v) is 12.3. The minimum atomic E-state index is -4.37. The zero-order chi connectivity index (χ0) is 25.5. The molecule has 3 aromatic carbocycles. The maximum Gasteiger partial charge on any atom is 0.322 e. The molecule has 0 spiro atoms. The Balaban J connectivity index is 1.47. The van der Waals surface area contributed by atoms with E-state index in [-0.39, 0.29) is 29.4 Å². The van der Waals surface area contributed by atoms with E-state index in [0.717, 1.165) is 11.1 Å². The summed E-state index contributed by atoms with van der Waals surface area (Å²) in [6, 6.07) is 12.2. The first-order chi connectivity index (χ1) is 16.3. The fourth-order valence-corrected chi connectivity index (χ4v) is 4.90. The number of hydrogen-bond acceptors (Lipinski definition) is 3. The first-order valence-electron chi connectivity index (χ1n) is 10.8. The maximum atomic E-state index is 13.9. The van der Waals surface area contributed by atoms with Gasteiger partial charge >= 0.3 is 6.03 Å². The van der Waals surface area contributed by atoms with Crippen molar-refractivity contribution < 1.29 is 26.4 Å². The van der Waals surface area contributed by atoms with Crippen LogP contribution in [-0.4, -0.2) is 19.3 Å². The Morgan fingerprint density at radius 3 is 2.09 bits per heavy atom. The predicted octanol–water partition coefficient (Wildman–Crippen LogP) is 5.75. The molecule has 0 unspecified atom stereocenters. The lowest BCUT2D eigenvalue weighted by atomic mass is 9.87. The molecule has 1 aliphatic heterocycles. The summed E-state index contributed by atoms with van der Waals surface area (Å²) >= 11 is 0. The third kappa shape index (κ3) is 5.27. The van der Waals surface area contributed by atoms with Gasteiger partial charge in [0.2, 0.25) is 0 Å². The summed E-state index contributed by atoms with van der Waals surface area (Å²) in [4.78, 5) is 14.0. The lowest BCUT2D eigenvalue weighted by molar-refractivity contribution is 0.212. The van der Waals surface area contributed by atoms with Gasteiger partial charge in [-0.05, 0) is 46.4 Å². The van der Waals surface area contributed by atoms with E-state index in [2.05, 4.69) is 26.1 Å². The first kappa shape index (κ1) is 24.6. The van der Waals surface area contributed by atoms with Crippen LogP contribution in [0, 0.1) is 17.5 Å². The minimum Gasteiger partial charge on any atom is -0.316 e. The molecule has 2 N–H and O–H groups in total. The Morgan fingerprint density at radius 1 is 0.886 bits per heavy atom. The number of fused-ring (bicyclic) bond motifs is 1. The number of nitrogens with zero attached hydrogens (tertiary/aromatic N) is 1. The highest BCUT2D eigenvalue weighted by molar-refractivity contribution is 7.92. The van der Waals surface area contributed by atoms with Crippen LogP contribution in [0.2, 0.25) is 0 Å². The van der Waals surface area contributed by atoms with Crippen LogP contribution in [0.25, 0.3) is 0 Å². The number of halogens is 3. The number of benzene rings is 3. The summed E-state index contributed by atoms with van der Waals surface area (Å²) in [5.74, 6) is -3.90. The number of amides is 2. The molecule has 0 radical (unpaired) electrons. The standard InChI is InChI=1S/C25H24F3N3O3S/c1-25(2,3)17-5-7-19(8-6-17)29-24(32)31-13-15-4-9-20(10-16(15)14-31)35(33,34)30-23-21(27)11-18(26)12-22(23)28/h4-12,30H,13-14H2,1-3H3,(H,29,32). The number of hydrogen-bond donors (Lipinski definition) is 2. The lowest BCUT2D eigenvalue weighted by Crippen LogP contribution is -2.30. The molecule has 6 nitrogen and oxygen atoms in total. The molecule has 184 valence electrons. The molecule has 4 rings (SSSR count). The molecule has 35 heavy (non-hydrogen) atoms. The Hall–Kier alpha value is -3.53. The van der Waals surface area contributed by atoms with Crippen molar-refractivity contribution in [1.29, 1.82) is 0 Å². The van der Waals surface area contributed by atoms with Crippen LogP contribution in [0.4, 0.5) is 29.3 Å². The van der Waals surface area contributed by atoms with E-state index in [9.17, 15) is 26.4 Å². The van der Waals surface area contributed by atoms with Gasteiger partial charge in [-0.1, -0.05) is 39.0 Å². The molecule has 1 heterocycles. The molecular formula is C25H24F3N3O3S. The number of urea groups is 1. The van der Waals surface area contributed by atoms with Gasteiger partial charge in [0.05, 0.1) is 4.90 Å². The molecular weight excluding hydrogens is 479 g/mol. The molecule has 2 amide bonds. The second kappa shape index (κ2) is 8.92.